The van der Waals surface area contributed by atoms with Crippen LogP contribution in [0.4, 0.5) is 10.3 Å². The summed E-state index contributed by atoms with van der Waals surface area (Å²) in [6, 6.07) is 8.10. The molecule has 3 aromatic rings. The predicted octanol–water partition coefficient (Wildman–Crippen LogP) is 2.80. The molecule has 0 radical (unpaired) electrons. The van der Waals surface area contributed by atoms with Gasteiger partial charge in [0.15, 0.2) is 0 Å². The number of aliphatic hydroxyl groups excluding tert-OH is 1. The Hall–Kier alpha value is -3.56. The van der Waals surface area contributed by atoms with Crippen molar-refractivity contribution in [1.29, 1.82) is 5.41 Å². The lowest BCUT2D eigenvalue weighted by molar-refractivity contribution is 0.247. The first-order valence-corrected chi connectivity index (χ1v) is 9.61. The van der Waals surface area contributed by atoms with Gasteiger partial charge in [0.1, 0.15) is 11.6 Å². The molecule has 31 heavy (non-hydrogen) atoms. The maximum atomic E-state index is 13.8. The predicted molar refractivity (Wildman–Crippen MR) is 118 cm³/mol. The fourth-order valence-electron chi connectivity index (χ4n) is 2.95. The first-order chi connectivity index (χ1) is 15.0. The number of hydrogen-bond acceptors (Lipinski definition) is 7. The van der Waals surface area contributed by atoms with Crippen LogP contribution in [-0.4, -0.2) is 39.5 Å². The minimum atomic E-state index is -0.764. The summed E-state index contributed by atoms with van der Waals surface area (Å²) in [6.45, 7) is -0.395. The van der Waals surface area contributed by atoms with Crippen LogP contribution in [0.5, 0.6) is 0 Å². The Morgan fingerprint density at radius 1 is 1.35 bits per heavy atom. The van der Waals surface area contributed by atoms with Crippen LogP contribution in [-0.2, 0) is 0 Å². The van der Waals surface area contributed by atoms with Crippen molar-refractivity contribution in [2.24, 2.45) is 0 Å². The SMILES string of the molecule is CN/C(=C\C=N)Nc1nccc(-c2ccn([C@H](CO)c3ccc(Cl)c(F)c3)c(=O)c2)n1. The van der Waals surface area contributed by atoms with E-state index in [0.717, 1.165) is 6.21 Å². The molecule has 8 nitrogen and oxygen atoms in total. The molecule has 0 aliphatic heterocycles. The first-order valence-electron chi connectivity index (χ1n) is 9.23. The van der Waals surface area contributed by atoms with Crippen molar-refractivity contribution in [1.82, 2.24) is 19.9 Å². The number of benzene rings is 1. The minimum Gasteiger partial charge on any atom is -0.394 e. The molecule has 0 unspecified atom stereocenters. The van der Waals surface area contributed by atoms with E-state index < -0.39 is 18.5 Å². The number of aliphatic hydroxyl groups is 1. The molecular weight excluding hydrogens is 423 g/mol. The van der Waals surface area contributed by atoms with Crippen LogP contribution >= 0.6 is 11.6 Å². The van der Waals surface area contributed by atoms with Crippen LogP contribution in [0.15, 0.2) is 65.5 Å². The van der Waals surface area contributed by atoms with Gasteiger partial charge >= 0.3 is 0 Å². The summed E-state index contributed by atoms with van der Waals surface area (Å²) in [4.78, 5) is 21.3. The van der Waals surface area contributed by atoms with E-state index in [0.29, 0.717) is 22.6 Å². The molecule has 0 bridgehead atoms. The third-order valence-electron chi connectivity index (χ3n) is 4.50. The van der Waals surface area contributed by atoms with Crippen molar-refractivity contribution in [2.75, 3.05) is 19.0 Å². The number of anilines is 1. The van der Waals surface area contributed by atoms with Crippen molar-refractivity contribution in [3.8, 4) is 11.3 Å². The van der Waals surface area contributed by atoms with E-state index in [1.165, 1.54) is 35.0 Å². The third kappa shape index (κ3) is 5.14. The molecule has 0 aliphatic rings. The van der Waals surface area contributed by atoms with Crippen LogP contribution in [0.3, 0.4) is 0 Å². The Morgan fingerprint density at radius 3 is 2.81 bits per heavy atom. The highest BCUT2D eigenvalue weighted by atomic mass is 35.5. The molecule has 1 aromatic carbocycles. The van der Waals surface area contributed by atoms with E-state index in [1.54, 1.807) is 31.4 Å². The lowest BCUT2D eigenvalue weighted by Gasteiger charge is -2.18. The molecule has 1 atom stereocenters. The zero-order chi connectivity index (χ0) is 22.4. The molecule has 0 saturated heterocycles. The van der Waals surface area contributed by atoms with Gasteiger partial charge in [0, 0.05) is 37.3 Å². The molecule has 0 amide bonds. The molecule has 0 spiro atoms. The summed E-state index contributed by atoms with van der Waals surface area (Å²) >= 11 is 5.72. The largest absolute Gasteiger partial charge is 0.394 e. The topological polar surface area (TPSA) is 116 Å². The molecule has 0 aliphatic carbocycles. The Labute approximate surface area is 182 Å². The van der Waals surface area contributed by atoms with Gasteiger partial charge in [-0.3, -0.25) is 4.79 Å². The van der Waals surface area contributed by atoms with Gasteiger partial charge in [0.25, 0.3) is 5.56 Å². The van der Waals surface area contributed by atoms with Gasteiger partial charge in [-0.25, -0.2) is 14.4 Å². The third-order valence-corrected chi connectivity index (χ3v) is 4.81. The molecule has 4 N–H and O–H groups in total. The second kappa shape index (κ2) is 9.96. The highest BCUT2D eigenvalue weighted by Crippen LogP contribution is 2.23. The van der Waals surface area contributed by atoms with E-state index in [2.05, 4.69) is 20.6 Å². The number of hydrogen-bond donors (Lipinski definition) is 4. The van der Waals surface area contributed by atoms with Gasteiger partial charge in [-0.1, -0.05) is 17.7 Å². The molecular formula is C21H20ClFN6O2. The molecule has 3 rings (SSSR count). The number of aromatic nitrogens is 3. The zero-order valence-corrected chi connectivity index (χ0v) is 17.3. The van der Waals surface area contributed by atoms with Crippen molar-refractivity contribution < 1.29 is 9.50 Å². The average Bonchev–Trinajstić information content (AvgIpc) is 2.77. The zero-order valence-electron chi connectivity index (χ0n) is 16.5. The standard InChI is InChI=1S/C21H20ClFN6O2/c1-25-19(4-7-24)28-21-26-8-5-17(27-21)13-6-9-29(20(31)11-13)18(12-30)14-2-3-15(22)16(23)10-14/h2-11,18,24-25,30H,12H2,1H3,(H,26,27,28)/b19-4+,24-7?/t18-/m1/s1. The van der Waals surface area contributed by atoms with Crippen molar-refractivity contribution >= 4 is 23.8 Å². The van der Waals surface area contributed by atoms with Crippen molar-refractivity contribution in [3.05, 3.63) is 87.4 Å². The van der Waals surface area contributed by atoms with Gasteiger partial charge in [-0.05, 0) is 35.9 Å². The molecule has 2 heterocycles. The van der Waals surface area contributed by atoms with Crippen molar-refractivity contribution in [3.63, 3.8) is 0 Å². The molecule has 0 saturated carbocycles. The van der Waals surface area contributed by atoms with Gasteiger partial charge < -0.3 is 25.7 Å². The van der Waals surface area contributed by atoms with Crippen molar-refractivity contribution in [2.45, 2.75) is 6.04 Å². The number of rotatable bonds is 8. The number of pyridine rings is 1. The number of halogens is 2. The van der Waals surface area contributed by atoms with Crippen LogP contribution in [0.25, 0.3) is 11.3 Å². The monoisotopic (exact) mass is 442 g/mol. The van der Waals surface area contributed by atoms with Crippen LogP contribution in [0.2, 0.25) is 5.02 Å². The second-order valence-electron chi connectivity index (χ2n) is 6.42. The van der Waals surface area contributed by atoms with Gasteiger partial charge in [0.2, 0.25) is 5.95 Å². The van der Waals surface area contributed by atoms with E-state index in [9.17, 15) is 14.3 Å². The maximum absolute atomic E-state index is 13.8. The highest BCUT2D eigenvalue weighted by molar-refractivity contribution is 6.30. The van der Waals surface area contributed by atoms with E-state index in [4.69, 9.17) is 17.0 Å². The molecule has 160 valence electrons. The van der Waals surface area contributed by atoms with E-state index in [1.807, 2.05) is 0 Å². The molecule has 2 aromatic heterocycles. The van der Waals surface area contributed by atoms with Gasteiger partial charge in [-0.2, -0.15) is 0 Å². The number of nitrogens with one attached hydrogen (secondary N) is 3. The summed E-state index contributed by atoms with van der Waals surface area (Å²) < 4.78 is 15.2. The summed E-state index contributed by atoms with van der Waals surface area (Å²) in [5, 5.41) is 22.8. The van der Waals surface area contributed by atoms with Crippen LogP contribution in [0.1, 0.15) is 11.6 Å². The summed E-state index contributed by atoms with van der Waals surface area (Å²) in [7, 11) is 1.69. The lowest BCUT2D eigenvalue weighted by atomic mass is 10.1. The van der Waals surface area contributed by atoms with Gasteiger partial charge in [-0.15, -0.1) is 0 Å². The fourth-order valence-corrected chi connectivity index (χ4v) is 3.07. The minimum absolute atomic E-state index is 0.0341. The maximum Gasteiger partial charge on any atom is 0.251 e. The van der Waals surface area contributed by atoms with Gasteiger partial charge in [0.05, 0.1) is 23.4 Å². The first kappa shape index (κ1) is 22.1. The quantitative estimate of drug-likeness (QED) is 0.399. The normalized spacial score (nSPS) is 12.3. The lowest BCUT2D eigenvalue weighted by Crippen LogP contribution is -2.27. The number of nitrogens with zero attached hydrogens (tertiary/aromatic N) is 3. The average molecular weight is 443 g/mol. The smallest absolute Gasteiger partial charge is 0.251 e. The Morgan fingerprint density at radius 2 is 2.16 bits per heavy atom. The molecule has 10 heteroatoms. The summed E-state index contributed by atoms with van der Waals surface area (Å²) in [5.41, 5.74) is 1.09. The highest BCUT2D eigenvalue weighted by Gasteiger charge is 2.16. The summed E-state index contributed by atoms with van der Waals surface area (Å²) in [5.74, 6) is 0.193. The second-order valence-corrected chi connectivity index (χ2v) is 6.83. The summed E-state index contributed by atoms with van der Waals surface area (Å²) in [6.07, 6.45) is 5.69. The molecule has 0 fully saturated rings. The fraction of sp³-hybridized carbons (Fsp3) is 0.143. The van der Waals surface area contributed by atoms with Crippen LogP contribution in [0, 0.1) is 11.2 Å². The van der Waals surface area contributed by atoms with E-state index >= 15 is 0 Å². The van der Waals surface area contributed by atoms with E-state index in [-0.39, 0.29) is 16.5 Å². The Kier molecular flexibility index (Phi) is 7.11. The van der Waals surface area contributed by atoms with Crippen LogP contribution < -0.4 is 16.2 Å². The Balaban J connectivity index is 1.92. The Bertz CT molecular complexity index is 1180. The number of allylic oxidation sites excluding steroid dienone is 1.